The van der Waals surface area contributed by atoms with Crippen LogP contribution in [0.25, 0.3) is 16.6 Å². The molecule has 1 spiro atoms. The van der Waals surface area contributed by atoms with Crippen molar-refractivity contribution < 1.29 is 41.4 Å². The molecule has 1 aliphatic heterocycles. The number of hydrogen-bond acceptors (Lipinski definition) is 6. The zero-order valence-electron chi connectivity index (χ0n) is 22.3. The molecule has 0 bridgehead atoms. The molecule has 1 aliphatic carbocycles. The highest BCUT2D eigenvalue weighted by atomic mass is 19.4. The molecule has 212 valence electrons. The van der Waals surface area contributed by atoms with E-state index >= 15 is 0 Å². The van der Waals surface area contributed by atoms with Gasteiger partial charge in [0.15, 0.2) is 0 Å². The molecule has 0 unspecified atom stereocenters. The number of hydrogen-bond donors (Lipinski definition) is 0. The lowest BCUT2D eigenvalue weighted by molar-refractivity contribution is -0.146. The smallest absolute Gasteiger partial charge is 0.420 e. The SMILES string of the molecule is COC(=O)[C@H]1CC[C@@]2(C=C(c3cc(C(F)(F)F)cc4c3ncn4C(=O)OC(C)(C)C)CO2)[C@@H]1c1ccc(F)cc1. The van der Waals surface area contributed by atoms with Crippen LogP contribution < -0.4 is 0 Å². The highest BCUT2D eigenvalue weighted by Gasteiger charge is 2.54. The van der Waals surface area contributed by atoms with E-state index in [1.54, 1.807) is 39.0 Å². The van der Waals surface area contributed by atoms with Crippen LogP contribution in [0.2, 0.25) is 0 Å². The van der Waals surface area contributed by atoms with Gasteiger partial charge >= 0.3 is 18.2 Å². The van der Waals surface area contributed by atoms with Crippen LogP contribution in [0.3, 0.4) is 0 Å². The molecular formula is C29H28F4N2O5. The Kier molecular flexibility index (Phi) is 6.76. The van der Waals surface area contributed by atoms with E-state index in [4.69, 9.17) is 14.2 Å². The number of aromatic nitrogens is 2. The van der Waals surface area contributed by atoms with Gasteiger partial charge in [0.25, 0.3) is 0 Å². The number of imidazole rings is 1. The van der Waals surface area contributed by atoms with E-state index < -0.39 is 52.7 Å². The third-order valence-corrected chi connectivity index (χ3v) is 7.34. The van der Waals surface area contributed by atoms with Gasteiger partial charge in [-0.1, -0.05) is 12.1 Å². The topological polar surface area (TPSA) is 79.7 Å². The van der Waals surface area contributed by atoms with Gasteiger partial charge in [-0.2, -0.15) is 13.2 Å². The zero-order chi connectivity index (χ0) is 29.0. The number of alkyl halides is 3. The maximum atomic E-state index is 14.0. The Hall–Kier alpha value is -3.73. The first kappa shape index (κ1) is 27.8. The van der Waals surface area contributed by atoms with Crippen molar-refractivity contribution >= 4 is 28.7 Å². The Morgan fingerprint density at radius 2 is 1.82 bits per heavy atom. The summed E-state index contributed by atoms with van der Waals surface area (Å²) in [4.78, 5) is 29.8. The second-order valence-corrected chi connectivity index (χ2v) is 11.1. The van der Waals surface area contributed by atoms with Crippen molar-refractivity contribution in [2.75, 3.05) is 13.7 Å². The molecule has 0 saturated heterocycles. The zero-order valence-corrected chi connectivity index (χ0v) is 22.3. The molecule has 0 amide bonds. The van der Waals surface area contributed by atoms with Crippen molar-refractivity contribution in [1.82, 2.24) is 9.55 Å². The second-order valence-electron chi connectivity index (χ2n) is 11.1. The van der Waals surface area contributed by atoms with Crippen LogP contribution in [0.15, 0.2) is 48.8 Å². The summed E-state index contributed by atoms with van der Waals surface area (Å²) >= 11 is 0. The number of halogens is 4. The molecule has 0 N–H and O–H groups in total. The minimum absolute atomic E-state index is 0.0543. The predicted molar refractivity (Wildman–Crippen MR) is 137 cm³/mol. The van der Waals surface area contributed by atoms with Gasteiger partial charge in [0.1, 0.15) is 17.7 Å². The summed E-state index contributed by atoms with van der Waals surface area (Å²) in [5.41, 5.74) is -1.53. The molecular weight excluding hydrogens is 532 g/mol. The molecule has 7 nitrogen and oxygen atoms in total. The average Bonchev–Trinajstić information content (AvgIpc) is 3.59. The molecule has 1 aromatic heterocycles. The minimum atomic E-state index is -4.70. The second kappa shape index (κ2) is 9.72. The van der Waals surface area contributed by atoms with Crippen molar-refractivity contribution in [3.8, 4) is 0 Å². The predicted octanol–water partition coefficient (Wildman–Crippen LogP) is 6.50. The normalized spacial score (nSPS) is 23.1. The number of nitrogens with zero attached hydrogens (tertiary/aromatic N) is 2. The van der Waals surface area contributed by atoms with Crippen LogP contribution in [0, 0.1) is 11.7 Å². The van der Waals surface area contributed by atoms with E-state index in [1.807, 2.05) is 0 Å². The van der Waals surface area contributed by atoms with Crippen LogP contribution in [0.4, 0.5) is 22.4 Å². The number of fused-ring (bicyclic) bond motifs is 1. The number of esters is 1. The molecule has 3 atom stereocenters. The van der Waals surface area contributed by atoms with Crippen molar-refractivity contribution in [2.24, 2.45) is 5.92 Å². The first-order valence-electron chi connectivity index (χ1n) is 12.7. The van der Waals surface area contributed by atoms with Crippen LogP contribution in [-0.2, 0) is 25.2 Å². The Morgan fingerprint density at radius 3 is 2.45 bits per heavy atom. The molecule has 2 aliphatic rings. The number of benzene rings is 2. The summed E-state index contributed by atoms with van der Waals surface area (Å²) in [6.07, 6.45) is -1.88. The van der Waals surface area contributed by atoms with Crippen LogP contribution in [0.1, 0.15) is 56.2 Å². The number of carbonyl (C=O) groups excluding carboxylic acids is 2. The van der Waals surface area contributed by atoms with E-state index in [9.17, 15) is 27.2 Å². The van der Waals surface area contributed by atoms with Crippen LogP contribution >= 0.6 is 0 Å². The summed E-state index contributed by atoms with van der Waals surface area (Å²) in [5, 5.41) is 0. The number of rotatable bonds is 3. The van der Waals surface area contributed by atoms with Gasteiger partial charge < -0.3 is 14.2 Å². The Bertz CT molecular complexity index is 1500. The fourth-order valence-electron chi connectivity index (χ4n) is 5.68. The van der Waals surface area contributed by atoms with E-state index in [2.05, 4.69) is 4.98 Å². The highest BCUT2D eigenvalue weighted by Crippen LogP contribution is 2.54. The molecule has 11 heteroatoms. The van der Waals surface area contributed by atoms with E-state index in [0.29, 0.717) is 24.0 Å². The van der Waals surface area contributed by atoms with Gasteiger partial charge in [-0.25, -0.2) is 18.7 Å². The lowest BCUT2D eigenvalue weighted by atomic mass is 9.79. The maximum absolute atomic E-state index is 14.0. The van der Waals surface area contributed by atoms with Gasteiger partial charge in [0.05, 0.1) is 41.8 Å². The maximum Gasteiger partial charge on any atom is 0.420 e. The summed E-state index contributed by atoms with van der Waals surface area (Å²) < 4.78 is 73.4. The molecule has 1 fully saturated rings. The molecule has 3 aromatic rings. The van der Waals surface area contributed by atoms with E-state index in [1.165, 1.54) is 19.2 Å². The quantitative estimate of drug-likeness (QED) is 0.269. The van der Waals surface area contributed by atoms with E-state index in [0.717, 1.165) is 23.0 Å². The first-order valence-corrected chi connectivity index (χ1v) is 12.7. The number of methoxy groups -OCH3 is 1. The third-order valence-electron chi connectivity index (χ3n) is 7.34. The molecule has 1 saturated carbocycles. The monoisotopic (exact) mass is 560 g/mol. The molecule has 40 heavy (non-hydrogen) atoms. The Labute approximate surface area is 227 Å². The summed E-state index contributed by atoms with van der Waals surface area (Å²) in [6.45, 7) is 4.90. The van der Waals surface area contributed by atoms with Crippen LogP contribution in [0.5, 0.6) is 0 Å². The minimum Gasteiger partial charge on any atom is -0.469 e. The molecule has 5 rings (SSSR count). The molecule has 0 radical (unpaired) electrons. The van der Waals surface area contributed by atoms with Crippen molar-refractivity contribution in [3.05, 3.63) is 71.3 Å². The summed E-state index contributed by atoms with van der Waals surface area (Å²) in [6, 6.07) is 7.57. The Morgan fingerprint density at radius 1 is 1.12 bits per heavy atom. The third kappa shape index (κ3) is 4.98. The summed E-state index contributed by atoms with van der Waals surface area (Å²) in [7, 11) is 1.28. The van der Waals surface area contributed by atoms with Gasteiger partial charge in [0.2, 0.25) is 0 Å². The van der Waals surface area contributed by atoms with E-state index in [-0.39, 0.29) is 23.2 Å². The fourth-order valence-corrected chi connectivity index (χ4v) is 5.68. The lowest BCUT2D eigenvalue weighted by Crippen LogP contribution is -2.34. The first-order chi connectivity index (χ1) is 18.7. The average molecular weight is 561 g/mol. The Balaban J connectivity index is 1.64. The fraction of sp³-hybridized carbons (Fsp3) is 0.414. The molecule has 2 heterocycles. The largest absolute Gasteiger partial charge is 0.469 e. The van der Waals surface area contributed by atoms with Crippen molar-refractivity contribution in [3.63, 3.8) is 0 Å². The van der Waals surface area contributed by atoms with Crippen molar-refractivity contribution in [1.29, 1.82) is 0 Å². The van der Waals surface area contributed by atoms with Gasteiger partial charge in [0, 0.05) is 11.5 Å². The lowest BCUT2D eigenvalue weighted by Gasteiger charge is -2.31. The standard InChI is InChI=1S/C29H28F4N2O5/c1-27(2,3)40-26(37)35-15-34-24-21(11-18(12-22(24)35)29(31,32)33)17-13-28(39-14-17)10-9-20(25(36)38-4)23(28)16-5-7-19(30)8-6-16/h5-8,11-13,15,20,23H,9-10,14H2,1-4H3/t20-,23+,28+/m0/s1. The highest BCUT2D eigenvalue weighted by molar-refractivity contribution is 5.95. The van der Waals surface area contributed by atoms with Gasteiger partial charge in [-0.3, -0.25) is 4.79 Å². The number of carbonyl (C=O) groups is 2. The summed E-state index contributed by atoms with van der Waals surface area (Å²) in [5.74, 6) is -2.05. The number of ether oxygens (including phenoxy) is 3. The molecule has 2 aromatic carbocycles. The van der Waals surface area contributed by atoms with Crippen molar-refractivity contribution in [2.45, 2.75) is 56.9 Å². The van der Waals surface area contributed by atoms with Crippen LogP contribution in [-0.4, -0.2) is 46.5 Å². The van der Waals surface area contributed by atoms with Gasteiger partial charge in [-0.15, -0.1) is 0 Å². The van der Waals surface area contributed by atoms with Gasteiger partial charge in [-0.05, 0) is 75.1 Å².